The van der Waals surface area contributed by atoms with Gasteiger partial charge in [0.05, 0.1) is 72.6 Å². The molecule has 8 aromatic carbocycles. The lowest BCUT2D eigenvalue weighted by molar-refractivity contribution is 0.304. The first-order valence-electron chi connectivity index (χ1n) is 43.9. The topological polar surface area (TPSA) is 108 Å². The van der Waals surface area contributed by atoms with Crippen LogP contribution in [0.5, 0.6) is 11.5 Å². The molecule has 0 unspecified atom stereocenters. The van der Waals surface area contributed by atoms with E-state index in [0.29, 0.717) is 94.9 Å². The molecule has 0 saturated heterocycles. The maximum atomic E-state index is 12.9. The zero-order valence-electron chi connectivity index (χ0n) is 72.8. The molecule has 0 aliphatic carbocycles. The molecule has 4 heterocycles. The van der Waals surface area contributed by atoms with E-state index in [4.69, 9.17) is 80.7 Å². The van der Waals surface area contributed by atoms with Gasteiger partial charge in [-0.1, -0.05) is 342 Å². The molecular weight excluding hydrogens is 1680 g/mol. The third-order valence-electron chi connectivity index (χ3n) is 21.3. The Morgan fingerprint density at radius 1 is 0.415 bits per heavy atom. The van der Waals surface area contributed by atoms with Crippen molar-refractivity contribution in [3.05, 3.63) is 423 Å². The summed E-state index contributed by atoms with van der Waals surface area (Å²) in [6, 6.07) is 66.3. The minimum Gasteiger partial charge on any atom is -0.494 e. The Kier molecular flexibility index (Phi) is 37.6. The number of nitriles is 1. The molecule has 0 fully saturated rings. The first-order chi connectivity index (χ1) is 64.1. The van der Waals surface area contributed by atoms with Crippen molar-refractivity contribution in [2.24, 2.45) is 0 Å². The number of nitrogens with zero attached hydrogens (tertiary/aromatic N) is 8. The van der Waals surface area contributed by atoms with Crippen LogP contribution in [0, 0.1) is 17.9 Å². The molecule has 12 rings (SSSR count). The van der Waals surface area contributed by atoms with E-state index < -0.39 is 13.7 Å². The van der Waals surface area contributed by atoms with Gasteiger partial charge in [-0.15, -0.1) is 0 Å². The van der Waals surface area contributed by atoms with Crippen molar-refractivity contribution in [1.82, 2.24) is 28.9 Å². The summed E-state index contributed by atoms with van der Waals surface area (Å²) in [5.41, 5.74) is 66.8. The molecule has 0 aliphatic heterocycles. The Bertz CT molecular complexity index is 7190. The normalized spacial score (nSPS) is 10.7. The predicted octanol–water partition coefficient (Wildman–Crippen LogP) is 25.4. The van der Waals surface area contributed by atoms with Crippen LogP contribution in [0.1, 0.15) is 160 Å². The minimum atomic E-state index is -0.770. The Morgan fingerprint density at radius 3 is 1.22 bits per heavy atom. The number of ether oxygens (including phenoxy) is 2. The lowest BCUT2D eigenvalue weighted by Gasteiger charge is -2.24. The first kappa shape index (κ1) is 94.4. The lowest BCUT2D eigenvalue weighted by atomic mass is 9.50. The fourth-order valence-corrected chi connectivity index (χ4v) is 16.0. The number of halogens is 4. The van der Waals surface area contributed by atoms with Gasteiger partial charge in [0.2, 0.25) is 5.70 Å². The second-order valence-corrected chi connectivity index (χ2v) is 32.0. The summed E-state index contributed by atoms with van der Waals surface area (Å²) >= 11 is 27.3. The van der Waals surface area contributed by atoms with Crippen LogP contribution in [0.4, 0.5) is 0 Å². The number of allylic oxidation sites excluding steroid dienone is 4. The second-order valence-electron chi connectivity index (χ2n) is 30.4. The Morgan fingerprint density at radius 2 is 0.785 bits per heavy atom. The first-order valence-corrected chi connectivity index (χ1v) is 45.4. The Labute approximate surface area is 782 Å². The third-order valence-corrected chi connectivity index (χ3v) is 22.8. The summed E-state index contributed by atoms with van der Waals surface area (Å²) in [7, 11) is 0. The Balaban J connectivity index is 1.17. The van der Waals surface area contributed by atoms with E-state index in [1.807, 2.05) is 115 Å². The summed E-state index contributed by atoms with van der Waals surface area (Å²) < 4.78 is 18.6. The highest BCUT2D eigenvalue weighted by molar-refractivity contribution is 6.85. The summed E-state index contributed by atoms with van der Waals surface area (Å²) in [5, 5.41) is 15.9. The van der Waals surface area contributed by atoms with E-state index in [2.05, 4.69) is 240 Å². The van der Waals surface area contributed by atoms with Crippen LogP contribution in [0.3, 0.4) is 0 Å². The second kappa shape index (κ2) is 51.8. The zero-order valence-corrected chi connectivity index (χ0v) is 75.8. The van der Waals surface area contributed by atoms with Crippen LogP contribution >= 0.6 is 46.4 Å². The number of rotatable bonds is 37. The number of hydrogen-bond donors (Lipinski definition) is 0. The van der Waals surface area contributed by atoms with Crippen LogP contribution in [0.25, 0.3) is 71.5 Å². The molecule has 0 bridgehead atoms. The quantitative estimate of drug-likeness (QED) is 0.00726. The van der Waals surface area contributed by atoms with Crippen molar-refractivity contribution in [2.45, 2.75) is 149 Å². The molecule has 632 valence electrons. The molecule has 130 heavy (non-hydrogen) atoms. The third kappa shape index (κ3) is 26.7. The average molecular weight is 1770 g/mol. The van der Waals surface area contributed by atoms with Crippen molar-refractivity contribution < 1.29 is 9.47 Å². The fourth-order valence-electron chi connectivity index (χ4n) is 15.3. The molecule has 16 heteroatoms. The number of benzene rings is 8. The van der Waals surface area contributed by atoms with E-state index in [-0.39, 0.29) is 37.7 Å². The number of unbranched alkanes of at least 4 members (excludes halogenated alkanes) is 18. The number of hydrogen-bond acceptors (Lipinski definition) is 7. The highest BCUT2D eigenvalue weighted by Gasteiger charge is 2.38. The van der Waals surface area contributed by atoms with Gasteiger partial charge in [0.1, 0.15) is 28.8 Å². The fraction of sp³-hybridized carbons (Fsp3) is 0.211. The van der Waals surface area contributed by atoms with Crippen LogP contribution in [-0.4, -0.2) is 49.2 Å². The van der Waals surface area contributed by atoms with Gasteiger partial charge in [0.15, 0.2) is 5.76 Å². The highest BCUT2D eigenvalue weighted by atomic mass is 35.5. The van der Waals surface area contributed by atoms with Gasteiger partial charge in [-0.25, -0.2) is 9.83 Å². The van der Waals surface area contributed by atoms with Gasteiger partial charge >= 0.3 is 13.7 Å². The summed E-state index contributed by atoms with van der Waals surface area (Å²) in [4.78, 5) is 25.5. The maximum absolute atomic E-state index is 12.9. The van der Waals surface area contributed by atoms with E-state index in [0.717, 1.165) is 92.5 Å². The Hall–Kier alpha value is -14.8. The molecule has 10 nitrogen and oxygen atoms in total. The van der Waals surface area contributed by atoms with Crippen LogP contribution in [0.15, 0.2) is 369 Å². The summed E-state index contributed by atoms with van der Waals surface area (Å²) in [6.45, 7) is 16.8. The molecule has 0 radical (unpaired) electrons. The maximum Gasteiger partial charge on any atom is 0.328 e. The van der Waals surface area contributed by atoms with Crippen LogP contribution in [0.2, 0.25) is 20.1 Å². The van der Waals surface area contributed by atoms with E-state index >= 15 is 0 Å². The molecule has 0 saturated carbocycles. The smallest absolute Gasteiger partial charge is 0.328 e. The predicted molar refractivity (Wildman–Crippen MR) is 532 cm³/mol. The average Bonchev–Trinajstić information content (AvgIpc) is 1.52. The molecule has 0 atom stereocenters. The van der Waals surface area contributed by atoms with Crippen molar-refractivity contribution >= 4 is 126 Å². The highest BCUT2D eigenvalue weighted by Crippen LogP contribution is 2.40. The molecule has 0 aliphatic rings. The van der Waals surface area contributed by atoms with E-state index in [1.54, 1.807) is 36.7 Å². The van der Waals surface area contributed by atoms with E-state index in [9.17, 15) is 11.8 Å². The molecule has 4 aromatic heterocycles. The standard InChI is InChI=1S/C114H90B2Cl4N8O2/c1-5-8-11-14-17-20-22-24-26-28-29-30-31-32-33-35-37-39-42-45-60-75-94(74-59-44-41-19-16-13-10-7-3)130-96-77-63-65-89(80-96)111-108-109(114(110(122-4)107-87-124-103-82-99(118)101(120)84-105(103)126-107)128(111)116(92-70-55-49-56-71-92)93-72-57-50-58-73-93)112(88-64-62-76-95(79-88)129-78-61-46-43-40-38-36-34-27-25-23-21-18-15-12-9-6-2)127(115(90-66-51-47-52-67-90)91-68-53-48-54-69-91)113(108)97(85-121)106-86-123-102-81-98(117)100(119)83-104(102)125-106/h25,27,47-59,62-74,76-77,79-84,86-87H,1,6-7,9-10,12-13,15-16,18-19,21,23,34,36,38,40-41,43-44,46,61,78H2,2-3H3/b27-25-,74-59-,113-97-,114-110+. The SMILES string of the molecule is [C-]#[N+]/C(c1cnc2cc(Cl)c(Cl)cc2n1)=c1\c2c(-c3cccc(OCCCCCCCC/C=C\CCCCCCCC)c3)n(B(c3ccccc3)c3ccccc3)/c(=C(/C#N)c3cnc4cc(Cl)c(Cl)cc4n3)c2c(-c2cccc(OC(=C=C=C=C=C=C=C=C=C=C=C=C=C=C=C=C=C=C=C=C=C=C=C)/C=C\CCCCCCCC)c2)n1B(c1ccccc1)c1ccccc1. The largest absolute Gasteiger partial charge is 0.494 e. The summed E-state index contributed by atoms with van der Waals surface area (Å²) in [5.74, 6) is 1.32. The molecule has 0 amide bonds. The number of aromatic nitrogens is 6. The molecule has 12 aromatic rings. The van der Waals surface area contributed by atoms with Crippen LogP contribution < -0.4 is 42.0 Å². The van der Waals surface area contributed by atoms with Crippen LogP contribution in [-0.2, 0) is 0 Å². The molecular formula is C114H90B2Cl4N8O2. The van der Waals surface area contributed by atoms with Crippen molar-refractivity contribution in [3.63, 3.8) is 0 Å². The van der Waals surface area contributed by atoms with Gasteiger partial charge in [0.25, 0.3) is 0 Å². The van der Waals surface area contributed by atoms with E-state index in [1.165, 1.54) is 64.2 Å². The van der Waals surface area contributed by atoms with Gasteiger partial charge in [-0.3, -0.25) is 15.0 Å². The zero-order chi connectivity index (χ0) is 90.5. The molecule has 0 spiro atoms. The minimum absolute atomic E-state index is 0.107. The van der Waals surface area contributed by atoms with Gasteiger partial charge in [0, 0.05) is 67.8 Å². The van der Waals surface area contributed by atoms with Gasteiger partial charge in [-0.2, -0.15) is 5.26 Å². The monoisotopic (exact) mass is 1760 g/mol. The lowest BCUT2D eigenvalue weighted by Crippen LogP contribution is -2.54. The van der Waals surface area contributed by atoms with Gasteiger partial charge < -0.3 is 18.4 Å². The molecule has 0 N–H and O–H groups in total. The van der Waals surface area contributed by atoms with Crippen molar-refractivity contribution in [2.75, 3.05) is 6.61 Å². The summed E-state index contributed by atoms with van der Waals surface area (Å²) in [6.07, 6.45) is 36.0. The number of fused-ring (bicyclic) bond motifs is 3. The van der Waals surface area contributed by atoms with Crippen molar-refractivity contribution in [1.29, 1.82) is 5.26 Å². The van der Waals surface area contributed by atoms with Gasteiger partial charge in [-0.05, 0) is 204 Å². The van der Waals surface area contributed by atoms with Crippen molar-refractivity contribution in [3.8, 4) is 40.1 Å².